The van der Waals surface area contributed by atoms with Gasteiger partial charge >= 0.3 is 0 Å². The third-order valence-electron chi connectivity index (χ3n) is 5.42. The molecule has 3 rings (SSSR count). The highest BCUT2D eigenvalue weighted by Gasteiger charge is 2.31. The lowest BCUT2D eigenvalue weighted by Gasteiger charge is -2.24. The second-order valence-electron chi connectivity index (χ2n) is 7.10. The van der Waals surface area contributed by atoms with E-state index >= 15 is 0 Å². The van der Waals surface area contributed by atoms with Crippen LogP contribution in [0.1, 0.15) is 42.9 Å². The van der Waals surface area contributed by atoms with E-state index in [4.69, 9.17) is 24.0 Å². The number of benzene rings is 2. The maximum atomic E-state index is 12.5. The van der Waals surface area contributed by atoms with Crippen LogP contribution in [0.25, 0.3) is 0 Å². The summed E-state index contributed by atoms with van der Waals surface area (Å²) in [5, 5.41) is 6.11. The molecule has 1 aliphatic heterocycles. The average molecular weight is 424 g/mol. The summed E-state index contributed by atoms with van der Waals surface area (Å²) in [5.74, 6) is 2.01. The summed E-state index contributed by atoms with van der Waals surface area (Å²) in [6.07, 6.45) is 0.736. The molecule has 1 heterocycles. The number of carbonyl (C=O) groups excluding carboxylic acids is 1. The molecule has 164 valence electrons. The predicted octanol–water partition coefficient (Wildman–Crippen LogP) is 4.34. The zero-order valence-corrected chi connectivity index (χ0v) is 18.8. The molecule has 0 aromatic heterocycles. The number of hydrazone groups is 1. The van der Waals surface area contributed by atoms with E-state index in [1.54, 1.807) is 28.4 Å². The SMILES string of the molecule is C=C1C(CC)c2cc(OC)c(OC)cc2C(c2ccc(OC)c(OC)c2)=NN1C(C)=O. The van der Waals surface area contributed by atoms with Crippen LogP contribution in [0.15, 0.2) is 47.7 Å². The molecular formula is C24H28N2O5. The molecule has 1 amide bonds. The first kappa shape index (κ1) is 22.2. The van der Waals surface area contributed by atoms with Crippen molar-refractivity contribution in [3.05, 3.63) is 59.3 Å². The van der Waals surface area contributed by atoms with Gasteiger partial charge in [0, 0.05) is 29.7 Å². The Balaban J connectivity index is 2.36. The van der Waals surface area contributed by atoms with E-state index in [9.17, 15) is 4.79 Å². The molecule has 7 heteroatoms. The summed E-state index contributed by atoms with van der Waals surface area (Å²) in [6.45, 7) is 7.73. The number of carbonyl (C=O) groups is 1. The molecule has 0 fully saturated rings. The molecule has 1 unspecified atom stereocenters. The van der Waals surface area contributed by atoms with Crippen LogP contribution in [0.5, 0.6) is 23.0 Å². The van der Waals surface area contributed by atoms with Crippen LogP contribution < -0.4 is 18.9 Å². The summed E-state index contributed by atoms with van der Waals surface area (Å²) >= 11 is 0. The molecule has 7 nitrogen and oxygen atoms in total. The quantitative estimate of drug-likeness (QED) is 0.690. The van der Waals surface area contributed by atoms with Gasteiger partial charge in [-0.05, 0) is 42.3 Å². The molecule has 2 aromatic rings. The van der Waals surface area contributed by atoms with Gasteiger partial charge in [-0.15, -0.1) is 0 Å². The number of amides is 1. The van der Waals surface area contributed by atoms with Gasteiger partial charge in [0.1, 0.15) is 0 Å². The Hall–Kier alpha value is -3.48. The van der Waals surface area contributed by atoms with Gasteiger partial charge in [0.2, 0.25) is 5.91 Å². The lowest BCUT2D eigenvalue weighted by molar-refractivity contribution is -0.127. The van der Waals surface area contributed by atoms with Crippen LogP contribution in [0, 0.1) is 0 Å². The first-order chi connectivity index (χ1) is 14.9. The highest BCUT2D eigenvalue weighted by molar-refractivity contribution is 6.15. The van der Waals surface area contributed by atoms with Crippen LogP contribution in [0.2, 0.25) is 0 Å². The monoisotopic (exact) mass is 424 g/mol. The Bertz CT molecular complexity index is 1040. The molecule has 1 atom stereocenters. The highest BCUT2D eigenvalue weighted by Crippen LogP contribution is 2.42. The molecular weight excluding hydrogens is 396 g/mol. The number of hydrogen-bond donors (Lipinski definition) is 0. The van der Waals surface area contributed by atoms with Crippen LogP contribution >= 0.6 is 0 Å². The van der Waals surface area contributed by atoms with Gasteiger partial charge in [-0.1, -0.05) is 13.5 Å². The van der Waals surface area contributed by atoms with Crippen molar-refractivity contribution in [1.82, 2.24) is 5.01 Å². The van der Waals surface area contributed by atoms with E-state index in [1.807, 2.05) is 30.3 Å². The lowest BCUT2D eigenvalue weighted by Crippen LogP contribution is -2.25. The molecule has 1 aliphatic rings. The fourth-order valence-corrected chi connectivity index (χ4v) is 3.86. The maximum Gasteiger partial charge on any atom is 0.243 e. The summed E-state index contributed by atoms with van der Waals surface area (Å²) < 4.78 is 21.9. The minimum atomic E-state index is -0.215. The first-order valence-corrected chi connectivity index (χ1v) is 9.96. The van der Waals surface area contributed by atoms with Gasteiger partial charge < -0.3 is 18.9 Å². The molecule has 0 spiro atoms. The van der Waals surface area contributed by atoms with Crippen LogP contribution in [-0.4, -0.2) is 45.1 Å². The Morgan fingerprint density at radius 3 is 2.10 bits per heavy atom. The lowest BCUT2D eigenvalue weighted by atomic mass is 9.86. The van der Waals surface area contributed by atoms with E-state index < -0.39 is 0 Å². The van der Waals surface area contributed by atoms with E-state index in [2.05, 4.69) is 13.5 Å². The molecule has 0 bridgehead atoms. The Labute approximate surface area is 182 Å². The number of allylic oxidation sites excluding steroid dienone is 1. The molecule has 0 saturated carbocycles. The largest absolute Gasteiger partial charge is 0.493 e. The van der Waals surface area contributed by atoms with Crippen molar-refractivity contribution in [3.63, 3.8) is 0 Å². The van der Waals surface area contributed by atoms with Crippen LogP contribution in [-0.2, 0) is 4.79 Å². The van der Waals surface area contributed by atoms with E-state index in [-0.39, 0.29) is 11.8 Å². The number of ether oxygens (including phenoxy) is 4. The minimum absolute atomic E-state index is 0.125. The number of fused-ring (bicyclic) bond motifs is 1. The number of methoxy groups -OCH3 is 4. The van der Waals surface area contributed by atoms with Gasteiger partial charge in [-0.3, -0.25) is 4.79 Å². The number of rotatable bonds is 6. The summed E-state index contributed by atoms with van der Waals surface area (Å²) in [4.78, 5) is 12.5. The summed E-state index contributed by atoms with van der Waals surface area (Å²) in [6, 6.07) is 9.36. The van der Waals surface area contributed by atoms with Gasteiger partial charge in [0.05, 0.1) is 34.2 Å². The third-order valence-corrected chi connectivity index (χ3v) is 5.42. The fraction of sp³-hybridized carbons (Fsp3) is 0.333. The molecule has 2 aromatic carbocycles. The van der Waals surface area contributed by atoms with Crippen molar-refractivity contribution < 1.29 is 23.7 Å². The summed E-state index contributed by atoms with van der Waals surface area (Å²) in [7, 11) is 6.35. The number of hydrogen-bond acceptors (Lipinski definition) is 6. The topological polar surface area (TPSA) is 69.6 Å². The van der Waals surface area contributed by atoms with Gasteiger partial charge in [-0.2, -0.15) is 5.10 Å². The Morgan fingerprint density at radius 2 is 1.55 bits per heavy atom. The zero-order valence-electron chi connectivity index (χ0n) is 18.8. The van der Waals surface area contributed by atoms with E-state index in [0.717, 1.165) is 23.1 Å². The smallest absolute Gasteiger partial charge is 0.243 e. The zero-order chi connectivity index (χ0) is 22.7. The standard InChI is InChI=1S/C24H28N2O5/c1-8-17-14(2)26(15(3)27)25-24(16-9-10-20(28-4)21(11-16)29-5)19-13-23(31-7)22(30-6)12-18(17)19/h9-13,17H,2,8H2,1,3-7H3. The van der Waals surface area contributed by atoms with Crippen molar-refractivity contribution in [1.29, 1.82) is 0 Å². The molecule has 0 N–H and O–H groups in total. The first-order valence-electron chi connectivity index (χ1n) is 9.96. The van der Waals surface area contributed by atoms with Crippen molar-refractivity contribution in [3.8, 4) is 23.0 Å². The fourth-order valence-electron chi connectivity index (χ4n) is 3.86. The van der Waals surface area contributed by atoms with Crippen molar-refractivity contribution in [2.75, 3.05) is 28.4 Å². The number of nitrogens with zero attached hydrogens (tertiary/aromatic N) is 2. The van der Waals surface area contributed by atoms with Gasteiger partial charge in [-0.25, -0.2) is 5.01 Å². The molecule has 0 aliphatic carbocycles. The van der Waals surface area contributed by atoms with Gasteiger partial charge in [0.25, 0.3) is 0 Å². The summed E-state index contributed by atoms with van der Waals surface area (Å²) in [5.41, 5.74) is 3.77. The molecule has 0 radical (unpaired) electrons. The molecule has 0 saturated heterocycles. The van der Waals surface area contributed by atoms with E-state index in [0.29, 0.717) is 34.4 Å². The van der Waals surface area contributed by atoms with Crippen LogP contribution in [0.3, 0.4) is 0 Å². The predicted molar refractivity (Wildman–Crippen MR) is 119 cm³/mol. The Kier molecular flexibility index (Phi) is 6.53. The van der Waals surface area contributed by atoms with Crippen molar-refractivity contribution in [2.24, 2.45) is 5.10 Å². The highest BCUT2D eigenvalue weighted by atomic mass is 16.5. The van der Waals surface area contributed by atoms with Gasteiger partial charge in [0.15, 0.2) is 23.0 Å². The van der Waals surface area contributed by atoms with E-state index in [1.165, 1.54) is 11.9 Å². The van der Waals surface area contributed by atoms with Crippen LogP contribution in [0.4, 0.5) is 0 Å². The van der Waals surface area contributed by atoms with Crippen molar-refractivity contribution >= 4 is 11.6 Å². The second kappa shape index (κ2) is 9.12. The average Bonchev–Trinajstić information content (AvgIpc) is 2.90. The molecule has 31 heavy (non-hydrogen) atoms. The third kappa shape index (κ3) is 3.95. The second-order valence-corrected chi connectivity index (χ2v) is 7.10. The maximum absolute atomic E-state index is 12.5. The Morgan fingerprint density at radius 1 is 0.968 bits per heavy atom. The van der Waals surface area contributed by atoms with Crippen molar-refractivity contribution in [2.45, 2.75) is 26.2 Å². The normalized spacial score (nSPS) is 15.5. The minimum Gasteiger partial charge on any atom is -0.493 e.